The van der Waals surface area contributed by atoms with Crippen LogP contribution < -0.4 is 4.74 Å². The van der Waals surface area contributed by atoms with E-state index in [0.29, 0.717) is 38.1 Å². The highest BCUT2D eigenvalue weighted by molar-refractivity contribution is 6.60. The van der Waals surface area contributed by atoms with Crippen LogP contribution in [0.2, 0.25) is 0 Å². The minimum atomic E-state index is -2.68. The smallest absolute Gasteiger partial charge is 0.429 e. The highest BCUT2D eigenvalue weighted by Gasteiger charge is 2.40. The first kappa shape index (κ1) is 16.8. The number of benzene rings is 1. The van der Waals surface area contributed by atoms with Crippen molar-refractivity contribution < 1.29 is 22.8 Å². The number of rotatable bonds is 10. The van der Waals surface area contributed by atoms with Crippen LogP contribution in [0.1, 0.15) is 26.3 Å². The van der Waals surface area contributed by atoms with Crippen LogP contribution in [0.25, 0.3) is 0 Å². The van der Waals surface area contributed by atoms with Crippen molar-refractivity contribution in [2.45, 2.75) is 26.8 Å². The van der Waals surface area contributed by atoms with Crippen LogP contribution >= 0.6 is 0 Å². The van der Waals surface area contributed by atoms with Gasteiger partial charge in [-0.25, -0.2) is 0 Å². The number of carbonyl (C=O) groups is 1. The number of hydrogen-bond acceptors (Lipinski definition) is 5. The van der Waals surface area contributed by atoms with E-state index in [0.717, 1.165) is 5.56 Å². The molecule has 1 aromatic rings. The van der Waals surface area contributed by atoms with Crippen LogP contribution in [0.4, 0.5) is 0 Å². The van der Waals surface area contributed by atoms with Gasteiger partial charge in [0.2, 0.25) is 0 Å². The van der Waals surface area contributed by atoms with Crippen molar-refractivity contribution >= 4 is 15.3 Å². The Morgan fingerprint density at radius 1 is 0.950 bits per heavy atom. The predicted octanol–water partition coefficient (Wildman–Crippen LogP) is 2.35. The Kier molecular flexibility index (Phi) is 7.46. The Labute approximate surface area is 121 Å². The van der Waals surface area contributed by atoms with Crippen molar-refractivity contribution in [2.24, 2.45) is 0 Å². The fourth-order valence-electron chi connectivity index (χ4n) is 1.93. The quantitative estimate of drug-likeness (QED) is 0.490. The summed E-state index contributed by atoms with van der Waals surface area (Å²) < 4.78 is 22.2. The first-order valence-electron chi connectivity index (χ1n) is 6.80. The van der Waals surface area contributed by atoms with Gasteiger partial charge in [-0.2, -0.15) is 0 Å². The van der Waals surface area contributed by atoms with E-state index in [4.69, 9.17) is 18.0 Å². The Morgan fingerprint density at radius 2 is 1.45 bits per heavy atom. The van der Waals surface area contributed by atoms with Crippen molar-refractivity contribution in [3.63, 3.8) is 0 Å². The van der Waals surface area contributed by atoms with Gasteiger partial charge < -0.3 is 18.0 Å². The molecule has 1 aromatic carbocycles. The van der Waals surface area contributed by atoms with Crippen LogP contribution in [0.3, 0.4) is 0 Å². The molecule has 0 fully saturated rings. The molecule has 0 unspecified atom stereocenters. The summed E-state index contributed by atoms with van der Waals surface area (Å²) in [5.74, 6) is 0.514. The Morgan fingerprint density at radius 3 is 1.85 bits per heavy atom. The lowest BCUT2D eigenvalue weighted by molar-refractivity contribution is -0.120. The Bertz CT molecular complexity index is 376. The number of carbonyl (C=O) groups excluding carboxylic acids is 1. The molecular formula is C14H22O5Si. The monoisotopic (exact) mass is 298 g/mol. The highest BCUT2D eigenvalue weighted by atomic mass is 28.4. The molecule has 0 saturated heterocycles. The van der Waals surface area contributed by atoms with Gasteiger partial charge in [0.05, 0.1) is 0 Å². The second-order valence-electron chi connectivity index (χ2n) is 4.02. The summed E-state index contributed by atoms with van der Waals surface area (Å²) in [6.07, 6.45) is 0. The van der Waals surface area contributed by atoms with E-state index in [1.807, 2.05) is 32.9 Å². The molecular weight excluding hydrogens is 276 g/mol. The lowest BCUT2D eigenvalue weighted by Gasteiger charge is -2.28. The Hall–Kier alpha value is -1.21. The van der Waals surface area contributed by atoms with Crippen LogP contribution in [0.15, 0.2) is 24.3 Å². The van der Waals surface area contributed by atoms with Crippen molar-refractivity contribution in [3.8, 4) is 5.75 Å². The van der Waals surface area contributed by atoms with Gasteiger partial charge in [0, 0.05) is 25.9 Å². The maximum atomic E-state index is 10.3. The maximum absolute atomic E-state index is 10.3. The molecule has 5 nitrogen and oxygen atoms in total. The molecule has 0 spiro atoms. The van der Waals surface area contributed by atoms with Gasteiger partial charge >= 0.3 is 8.80 Å². The normalized spacial score (nSPS) is 11.3. The zero-order chi connectivity index (χ0) is 14.8. The second kappa shape index (κ2) is 8.86. The first-order valence-corrected chi connectivity index (χ1v) is 8.74. The molecule has 0 heterocycles. The standard InChI is InChI=1S/C14H22O5Si/c1-4-17-20(18-5-2,19-6-3)11-13-7-9-14(10-8-13)16-12-15/h7-10,12H,4-6,11H2,1-3H3. The fraction of sp³-hybridized carbons (Fsp3) is 0.500. The van der Waals surface area contributed by atoms with E-state index >= 15 is 0 Å². The molecule has 6 heteroatoms. The van der Waals surface area contributed by atoms with Crippen LogP contribution in [-0.2, 0) is 24.1 Å². The topological polar surface area (TPSA) is 54.0 Å². The molecule has 0 N–H and O–H groups in total. The summed E-state index contributed by atoms with van der Waals surface area (Å²) in [5.41, 5.74) is 1.03. The van der Waals surface area contributed by atoms with Gasteiger partial charge in [-0.15, -0.1) is 0 Å². The molecule has 0 atom stereocenters. The summed E-state index contributed by atoms with van der Waals surface area (Å²) in [6, 6.07) is 7.86. The summed E-state index contributed by atoms with van der Waals surface area (Å²) in [5, 5.41) is 0. The lowest BCUT2D eigenvalue weighted by Crippen LogP contribution is -2.48. The SMILES string of the molecule is CCO[Si](Cc1ccc(OC=O)cc1)(OCC)OCC. The molecule has 0 aromatic heterocycles. The predicted molar refractivity (Wildman–Crippen MR) is 77.5 cm³/mol. The molecule has 0 saturated carbocycles. The van der Waals surface area contributed by atoms with Crippen LogP contribution in [0.5, 0.6) is 5.75 Å². The van der Waals surface area contributed by atoms with Gasteiger partial charge in [0.1, 0.15) is 5.75 Å². The third kappa shape index (κ3) is 5.05. The van der Waals surface area contributed by atoms with E-state index in [9.17, 15) is 4.79 Å². The maximum Gasteiger partial charge on any atom is 0.505 e. The van der Waals surface area contributed by atoms with Gasteiger partial charge in [-0.05, 0) is 38.5 Å². The minimum absolute atomic E-state index is 0.411. The van der Waals surface area contributed by atoms with Gasteiger partial charge in [0.15, 0.2) is 0 Å². The average Bonchev–Trinajstić information content (AvgIpc) is 2.42. The third-order valence-electron chi connectivity index (χ3n) is 2.62. The molecule has 0 aliphatic heterocycles. The van der Waals surface area contributed by atoms with Crippen molar-refractivity contribution in [1.29, 1.82) is 0 Å². The minimum Gasteiger partial charge on any atom is -0.429 e. The van der Waals surface area contributed by atoms with Crippen molar-refractivity contribution in [2.75, 3.05) is 19.8 Å². The second-order valence-corrected chi connectivity index (χ2v) is 6.60. The molecule has 112 valence electrons. The zero-order valence-electron chi connectivity index (χ0n) is 12.3. The molecule has 0 radical (unpaired) electrons. The van der Waals surface area contributed by atoms with E-state index in [-0.39, 0.29) is 0 Å². The first-order chi connectivity index (χ1) is 9.69. The molecule has 20 heavy (non-hydrogen) atoms. The molecule has 0 aliphatic carbocycles. The van der Waals surface area contributed by atoms with E-state index in [2.05, 4.69) is 0 Å². The molecule has 0 amide bonds. The molecule has 1 rings (SSSR count). The third-order valence-corrected chi connectivity index (χ3v) is 5.65. The van der Waals surface area contributed by atoms with E-state index in [1.165, 1.54) is 0 Å². The molecule has 0 bridgehead atoms. The summed E-state index contributed by atoms with van der Waals surface area (Å²) in [4.78, 5) is 10.3. The number of ether oxygens (including phenoxy) is 1. The van der Waals surface area contributed by atoms with E-state index < -0.39 is 8.80 Å². The molecule has 0 aliphatic rings. The van der Waals surface area contributed by atoms with Crippen molar-refractivity contribution in [3.05, 3.63) is 29.8 Å². The Balaban J connectivity index is 2.83. The lowest BCUT2D eigenvalue weighted by atomic mass is 10.2. The van der Waals surface area contributed by atoms with Crippen LogP contribution in [-0.4, -0.2) is 35.1 Å². The summed E-state index contributed by atoms with van der Waals surface area (Å²) in [6.45, 7) is 7.87. The zero-order valence-corrected chi connectivity index (χ0v) is 13.3. The highest BCUT2D eigenvalue weighted by Crippen LogP contribution is 2.19. The largest absolute Gasteiger partial charge is 0.505 e. The van der Waals surface area contributed by atoms with Crippen LogP contribution in [0, 0.1) is 0 Å². The number of hydrogen-bond donors (Lipinski definition) is 0. The van der Waals surface area contributed by atoms with E-state index in [1.54, 1.807) is 12.1 Å². The fourth-order valence-corrected chi connectivity index (χ4v) is 4.54. The summed E-state index contributed by atoms with van der Waals surface area (Å²) >= 11 is 0. The van der Waals surface area contributed by atoms with Gasteiger partial charge in [0.25, 0.3) is 6.47 Å². The summed E-state index contributed by atoms with van der Waals surface area (Å²) in [7, 11) is -2.68. The van der Waals surface area contributed by atoms with Crippen molar-refractivity contribution in [1.82, 2.24) is 0 Å². The van der Waals surface area contributed by atoms with Gasteiger partial charge in [-0.1, -0.05) is 12.1 Å². The average molecular weight is 298 g/mol. The van der Waals surface area contributed by atoms with Gasteiger partial charge in [-0.3, -0.25) is 4.79 Å².